The van der Waals surface area contributed by atoms with E-state index in [4.69, 9.17) is 10.8 Å². The fourth-order valence-electron chi connectivity index (χ4n) is 1.92. The van der Waals surface area contributed by atoms with Crippen molar-refractivity contribution in [3.8, 4) is 0 Å². The molecule has 1 aromatic carbocycles. The summed E-state index contributed by atoms with van der Waals surface area (Å²) in [6.07, 6.45) is 3.66. The molecule has 1 aliphatic rings. The molecule has 1 atom stereocenters. The summed E-state index contributed by atoms with van der Waals surface area (Å²) in [5.74, 6) is -0.306. The van der Waals surface area contributed by atoms with Crippen LogP contribution in [0.3, 0.4) is 0 Å². The SMILES string of the molecule is Cl.N[C@H](c1ccc(C(=O)O)cc1)C1CCC1. The third-order valence-corrected chi connectivity index (χ3v) is 3.20. The highest BCUT2D eigenvalue weighted by Gasteiger charge is 2.25. The normalized spacial score (nSPS) is 17.1. The highest BCUT2D eigenvalue weighted by Crippen LogP contribution is 2.35. The summed E-state index contributed by atoms with van der Waals surface area (Å²) in [7, 11) is 0. The van der Waals surface area contributed by atoms with E-state index >= 15 is 0 Å². The van der Waals surface area contributed by atoms with Crippen LogP contribution < -0.4 is 5.73 Å². The average molecular weight is 242 g/mol. The molecule has 4 heteroatoms. The zero-order valence-electron chi connectivity index (χ0n) is 8.93. The molecule has 0 spiro atoms. The highest BCUT2D eigenvalue weighted by molar-refractivity contribution is 5.87. The van der Waals surface area contributed by atoms with E-state index in [0.717, 1.165) is 5.56 Å². The number of halogens is 1. The van der Waals surface area contributed by atoms with Crippen LogP contribution in [0.5, 0.6) is 0 Å². The molecule has 88 valence electrons. The largest absolute Gasteiger partial charge is 0.478 e. The summed E-state index contributed by atoms with van der Waals surface area (Å²) in [4.78, 5) is 10.7. The van der Waals surface area contributed by atoms with Gasteiger partial charge in [0.2, 0.25) is 0 Å². The van der Waals surface area contributed by atoms with Crippen LogP contribution >= 0.6 is 12.4 Å². The molecule has 3 N–H and O–H groups in total. The molecule has 1 aliphatic carbocycles. The first-order chi connectivity index (χ1) is 7.18. The average Bonchev–Trinajstić information content (AvgIpc) is 2.15. The first-order valence-corrected chi connectivity index (χ1v) is 5.27. The number of aromatic carboxylic acids is 1. The monoisotopic (exact) mass is 241 g/mol. The van der Waals surface area contributed by atoms with Crippen LogP contribution in [0.4, 0.5) is 0 Å². The number of carboxylic acids is 1. The molecule has 2 rings (SSSR count). The predicted molar refractivity (Wildman–Crippen MR) is 64.9 cm³/mol. The van der Waals surface area contributed by atoms with Crippen LogP contribution in [0.1, 0.15) is 41.2 Å². The van der Waals surface area contributed by atoms with Crippen molar-refractivity contribution in [2.24, 2.45) is 11.7 Å². The fourth-order valence-corrected chi connectivity index (χ4v) is 1.92. The molecule has 0 bridgehead atoms. The Labute approximate surface area is 101 Å². The number of hydrogen-bond acceptors (Lipinski definition) is 2. The second-order valence-electron chi connectivity index (χ2n) is 4.14. The minimum absolute atomic E-state index is 0. The summed E-state index contributed by atoms with van der Waals surface area (Å²) in [6, 6.07) is 6.97. The Bertz CT molecular complexity index is 360. The third-order valence-electron chi connectivity index (χ3n) is 3.20. The van der Waals surface area contributed by atoms with Gasteiger partial charge in [-0.25, -0.2) is 4.79 Å². The fraction of sp³-hybridized carbons (Fsp3) is 0.417. The van der Waals surface area contributed by atoms with Crippen molar-refractivity contribution in [3.05, 3.63) is 35.4 Å². The maximum Gasteiger partial charge on any atom is 0.335 e. The second kappa shape index (κ2) is 5.32. The lowest BCUT2D eigenvalue weighted by Gasteiger charge is -2.31. The van der Waals surface area contributed by atoms with Gasteiger partial charge in [-0.1, -0.05) is 18.6 Å². The van der Waals surface area contributed by atoms with Crippen molar-refractivity contribution in [2.45, 2.75) is 25.3 Å². The topological polar surface area (TPSA) is 63.3 Å². The van der Waals surface area contributed by atoms with Crippen molar-refractivity contribution >= 4 is 18.4 Å². The lowest BCUT2D eigenvalue weighted by Crippen LogP contribution is -2.26. The van der Waals surface area contributed by atoms with Gasteiger partial charge in [-0.3, -0.25) is 0 Å². The summed E-state index contributed by atoms with van der Waals surface area (Å²) in [6.45, 7) is 0. The van der Waals surface area contributed by atoms with Crippen molar-refractivity contribution in [1.29, 1.82) is 0 Å². The highest BCUT2D eigenvalue weighted by atomic mass is 35.5. The van der Waals surface area contributed by atoms with Gasteiger partial charge in [0.05, 0.1) is 5.56 Å². The smallest absolute Gasteiger partial charge is 0.335 e. The van der Waals surface area contributed by atoms with E-state index in [9.17, 15) is 4.79 Å². The van der Waals surface area contributed by atoms with Crippen molar-refractivity contribution in [2.75, 3.05) is 0 Å². The summed E-state index contributed by atoms with van der Waals surface area (Å²) >= 11 is 0. The Morgan fingerprint density at radius 3 is 2.25 bits per heavy atom. The summed E-state index contributed by atoms with van der Waals surface area (Å²) in [5.41, 5.74) is 7.44. The molecule has 0 aromatic heterocycles. The molecule has 0 radical (unpaired) electrons. The van der Waals surface area contributed by atoms with Gasteiger partial charge in [-0.2, -0.15) is 0 Å². The molecule has 1 aromatic rings. The van der Waals surface area contributed by atoms with E-state index in [0.29, 0.717) is 11.5 Å². The van der Waals surface area contributed by atoms with Gasteiger partial charge in [0.15, 0.2) is 0 Å². The first-order valence-electron chi connectivity index (χ1n) is 5.27. The van der Waals surface area contributed by atoms with Crippen LogP contribution in [0.25, 0.3) is 0 Å². The minimum atomic E-state index is -0.890. The van der Waals surface area contributed by atoms with E-state index < -0.39 is 5.97 Å². The number of hydrogen-bond donors (Lipinski definition) is 2. The predicted octanol–water partition coefficient (Wildman–Crippen LogP) is 2.61. The lowest BCUT2D eigenvalue weighted by atomic mass is 9.77. The first kappa shape index (κ1) is 13.0. The number of carboxylic acid groups (broad SMARTS) is 1. The van der Waals surface area contributed by atoms with E-state index in [1.165, 1.54) is 19.3 Å². The van der Waals surface area contributed by atoms with Crippen LogP contribution in [0.2, 0.25) is 0 Å². The Morgan fingerprint density at radius 1 is 1.31 bits per heavy atom. The molecule has 3 nitrogen and oxygen atoms in total. The Hall–Kier alpha value is -1.06. The molecule has 16 heavy (non-hydrogen) atoms. The molecule has 0 amide bonds. The van der Waals surface area contributed by atoms with Gasteiger partial charge in [0, 0.05) is 6.04 Å². The minimum Gasteiger partial charge on any atom is -0.478 e. The quantitative estimate of drug-likeness (QED) is 0.855. The van der Waals surface area contributed by atoms with Crippen LogP contribution in [0.15, 0.2) is 24.3 Å². The second-order valence-corrected chi connectivity index (χ2v) is 4.14. The van der Waals surface area contributed by atoms with Crippen LogP contribution in [-0.4, -0.2) is 11.1 Å². The van der Waals surface area contributed by atoms with Gasteiger partial charge < -0.3 is 10.8 Å². The molecule has 0 saturated heterocycles. The van der Waals surface area contributed by atoms with Gasteiger partial charge in [-0.05, 0) is 36.5 Å². The summed E-state index contributed by atoms with van der Waals surface area (Å²) in [5, 5.41) is 8.75. The number of rotatable bonds is 3. The van der Waals surface area contributed by atoms with E-state index in [2.05, 4.69) is 0 Å². The summed E-state index contributed by atoms with van der Waals surface area (Å²) < 4.78 is 0. The van der Waals surface area contributed by atoms with Gasteiger partial charge in [0.25, 0.3) is 0 Å². The van der Waals surface area contributed by atoms with Crippen molar-refractivity contribution < 1.29 is 9.90 Å². The van der Waals surface area contributed by atoms with Crippen molar-refractivity contribution in [1.82, 2.24) is 0 Å². The zero-order chi connectivity index (χ0) is 10.8. The molecular weight excluding hydrogens is 226 g/mol. The van der Waals surface area contributed by atoms with Gasteiger partial charge >= 0.3 is 5.97 Å². The van der Waals surface area contributed by atoms with Crippen molar-refractivity contribution in [3.63, 3.8) is 0 Å². The molecule has 1 fully saturated rings. The molecule has 1 saturated carbocycles. The Balaban J connectivity index is 0.00000128. The van der Waals surface area contributed by atoms with E-state index in [1.807, 2.05) is 12.1 Å². The number of benzene rings is 1. The lowest BCUT2D eigenvalue weighted by molar-refractivity contribution is 0.0697. The molecule has 0 heterocycles. The van der Waals surface area contributed by atoms with E-state index in [-0.39, 0.29) is 18.4 Å². The Kier molecular flexibility index (Phi) is 4.33. The van der Waals surface area contributed by atoms with Crippen LogP contribution in [0, 0.1) is 5.92 Å². The standard InChI is InChI=1S/C12H15NO2.ClH/c13-11(8-2-1-3-8)9-4-6-10(7-5-9)12(14)15;/h4-8,11H,1-3,13H2,(H,14,15);1H/t11-;/m0./s1. The van der Waals surface area contributed by atoms with Gasteiger partial charge in [0.1, 0.15) is 0 Å². The van der Waals surface area contributed by atoms with Crippen LogP contribution in [-0.2, 0) is 0 Å². The Morgan fingerprint density at radius 2 is 1.88 bits per heavy atom. The zero-order valence-corrected chi connectivity index (χ0v) is 9.74. The molecular formula is C12H16ClNO2. The molecule has 0 aliphatic heterocycles. The maximum absolute atomic E-state index is 10.7. The number of carbonyl (C=O) groups is 1. The maximum atomic E-state index is 10.7. The van der Waals surface area contributed by atoms with E-state index in [1.54, 1.807) is 12.1 Å². The number of nitrogens with two attached hydrogens (primary N) is 1. The third kappa shape index (κ3) is 2.54. The molecule has 0 unspecified atom stereocenters. The van der Waals surface area contributed by atoms with Gasteiger partial charge in [-0.15, -0.1) is 12.4 Å².